The standard InChI is InChI=1S/C35H68NO7P/c1-3-5-7-9-11-12-13-14-15-16-17-18-19-20-21-22-24-26-28-35(37)43-34(33-42-44(38,39)41-31-29-36)32-40-30-27-25-23-10-8-6-4-2/h12-13,15-16,34H,3-11,14,17-33,36H2,1-2H3,(H,38,39)/b13-12-,16-15-. The van der Waals surface area contributed by atoms with Gasteiger partial charge in [0.1, 0.15) is 6.10 Å². The average Bonchev–Trinajstić information content (AvgIpc) is 3.01. The fourth-order valence-corrected chi connectivity index (χ4v) is 5.50. The molecule has 0 spiro atoms. The van der Waals surface area contributed by atoms with Crippen LogP contribution in [0.4, 0.5) is 0 Å². The smallest absolute Gasteiger partial charge is 0.457 e. The molecule has 9 heteroatoms. The van der Waals surface area contributed by atoms with Crippen molar-refractivity contribution in [1.29, 1.82) is 0 Å². The fourth-order valence-electron chi connectivity index (χ4n) is 4.73. The quantitative estimate of drug-likeness (QED) is 0.0307. The molecule has 0 bridgehead atoms. The van der Waals surface area contributed by atoms with Gasteiger partial charge in [-0.2, -0.15) is 0 Å². The van der Waals surface area contributed by atoms with Gasteiger partial charge in [0.25, 0.3) is 0 Å². The van der Waals surface area contributed by atoms with Crippen molar-refractivity contribution >= 4 is 13.8 Å². The maximum Gasteiger partial charge on any atom is 0.472 e. The molecule has 0 aliphatic rings. The topological polar surface area (TPSA) is 117 Å². The minimum absolute atomic E-state index is 0.0960. The van der Waals surface area contributed by atoms with E-state index in [1.807, 2.05) is 0 Å². The minimum atomic E-state index is -4.26. The molecule has 260 valence electrons. The Bertz CT molecular complexity index is 732. The zero-order valence-corrected chi connectivity index (χ0v) is 29.3. The van der Waals surface area contributed by atoms with Gasteiger partial charge in [-0.15, -0.1) is 0 Å². The van der Waals surface area contributed by atoms with E-state index in [0.29, 0.717) is 13.0 Å². The van der Waals surface area contributed by atoms with Crippen LogP contribution >= 0.6 is 7.82 Å². The number of nitrogens with two attached hydrogens (primary N) is 1. The largest absolute Gasteiger partial charge is 0.472 e. The van der Waals surface area contributed by atoms with Crippen LogP contribution < -0.4 is 5.73 Å². The minimum Gasteiger partial charge on any atom is -0.457 e. The lowest BCUT2D eigenvalue weighted by Gasteiger charge is -2.20. The highest BCUT2D eigenvalue weighted by Gasteiger charge is 2.25. The number of allylic oxidation sites excluding steroid dienone is 4. The molecule has 0 saturated heterocycles. The molecule has 0 aromatic rings. The number of ether oxygens (including phenoxy) is 2. The number of esters is 1. The van der Waals surface area contributed by atoms with Crippen molar-refractivity contribution in [2.45, 2.75) is 161 Å². The van der Waals surface area contributed by atoms with Gasteiger partial charge in [0.15, 0.2) is 0 Å². The number of unbranched alkanes of at least 4 members (excludes halogenated alkanes) is 17. The Balaban J connectivity index is 4.04. The maximum absolute atomic E-state index is 12.5. The third-order valence-corrected chi connectivity index (χ3v) is 8.36. The predicted molar refractivity (Wildman–Crippen MR) is 183 cm³/mol. The van der Waals surface area contributed by atoms with Crippen molar-refractivity contribution in [3.05, 3.63) is 24.3 Å². The normalized spacial score (nSPS) is 14.0. The van der Waals surface area contributed by atoms with Crippen LogP contribution in [0.5, 0.6) is 0 Å². The van der Waals surface area contributed by atoms with Gasteiger partial charge in [-0.3, -0.25) is 13.8 Å². The van der Waals surface area contributed by atoms with Crippen LogP contribution in [-0.4, -0.2) is 49.9 Å². The van der Waals surface area contributed by atoms with E-state index in [9.17, 15) is 14.3 Å². The number of phosphoric acid groups is 1. The maximum atomic E-state index is 12.5. The summed E-state index contributed by atoms with van der Waals surface area (Å²) in [6.07, 6.45) is 33.4. The van der Waals surface area contributed by atoms with Crippen LogP contribution in [0.3, 0.4) is 0 Å². The van der Waals surface area contributed by atoms with Crippen molar-refractivity contribution in [3.8, 4) is 0 Å². The Morgan fingerprint density at radius 2 is 1.20 bits per heavy atom. The molecular formula is C35H68NO7P. The summed E-state index contributed by atoms with van der Waals surface area (Å²) in [5, 5.41) is 0. The van der Waals surface area contributed by atoms with E-state index in [-0.39, 0.29) is 32.3 Å². The number of carbonyl (C=O) groups is 1. The van der Waals surface area contributed by atoms with Crippen LogP contribution in [0.15, 0.2) is 24.3 Å². The molecule has 0 aromatic heterocycles. The van der Waals surface area contributed by atoms with Gasteiger partial charge >= 0.3 is 13.8 Å². The van der Waals surface area contributed by atoms with E-state index in [2.05, 4.69) is 38.2 Å². The second-order valence-electron chi connectivity index (χ2n) is 11.7. The van der Waals surface area contributed by atoms with Crippen LogP contribution in [0.1, 0.15) is 155 Å². The van der Waals surface area contributed by atoms with Crippen LogP contribution in [0.25, 0.3) is 0 Å². The van der Waals surface area contributed by atoms with Gasteiger partial charge in [0.2, 0.25) is 0 Å². The molecule has 2 atom stereocenters. The van der Waals surface area contributed by atoms with Gasteiger partial charge < -0.3 is 20.1 Å². The Hall–Kier alpha value is -1.02. The second-order valence-corrected chi connectivity index (χ2v) is 13.2. The number of rotatable bonds is 34. The predicted octanol–water partition coefficient (Wildman–Crippen LogP) is 9.74. The van der Waals surface area contributed by atoms with Crippen LogP contribution in [0.2, 0.25) is 0 Å². The summed E-state index contributed by atoms with van der Waals surface area (Å²) in [7, 11) is -4.26. The summed E-state index contributed by atoms with van der Waals surface area (Å²) in [5.41, 5.74) is 5.33. The molecule has 0 radical (unpaired) electrons. The summed E-state index contributed by atoms with van der Waals surface area (Å²) in [6.45, 7) is 4.85. The van der Waals surface area contributed by atoms with E-state index < -0.39 is 13.9 Å². The number of carbonyl (C=O) groups excluding carboxylic acids is 1. The first kappa shape index (κ1) is 43.0. The Kier molecular flexibility index (Phi) is 32.6. The highest BCUT2D eigenvalue weighted by molar-refractivity contribution is 7.47. The second kappa shape index (κ2) is 33.3. The molecule has 0 aliphatic heterocycles. The van der Waals surface area contributed by atoms with Crippen molar-refractivity contribution in [2.24, 2.45) is 5.73 Å². The zero-order valence-electron chi connectivity index (χ0n) is 28.4. The van der Waals surface area contributed by atoms with Gasteiger partial charge in [0.05, 0.1) is 19.8 Å². The van der Waals surface area contributed by atoms with Crippen LogP contribution in [-0.2, 0) is 27.9 Å². The molecule has 44 heavy (non-hydrogen) atoms. The molecule has 0 rings (SSSR count). The van der Waals surface area contributed by atoms with Gasteiger partial charge in [-0.05, 0) is 44.9 Å². The van der Waals surface area contributed by atoms with E-state index in [1.54, 1.807) is 0 Å². The molecule has 0 heterocycles. The van der Waals surface area contributed by atoms with Crippen molar-refractivity contribution in [2.75, 3.05) is 33.0 Å². The summed E-state index contributed by atoms with van der Waals surface area (Å²) in [6, 6.07) is 0. The SMILES string of the molecule is CCCCCC/C=C\C/C=C\CCCCCCCCCC(=O)OC(COCCCCCCCCC)COP(=O)(O)OCCN. The summed E-state index contributed by atoms with van der Waals surface area (Å²) in [5.74, 6) is -0.341. The van der Waals surface area contributed by atoms with Gasteiger partial charge in [-0.25, -0.2) is 4.57 Å². The molecule has 0 aliphatic carbocycles. The van der Waals surface area contributed by atoms with Crippen molar-refractivity contribution in [1.82, 2.24) is 0 Å². The lowest BCUT2D eigenvalue weighted by molar-refractivity contribution is -0.154. The van der Waals surface area contributed by atoms with Gasteiger partial charge in [-0.1, -0.05) is 128 Å². The molecule has 0 fully saturated rings. The zero-order chi connectivity index (χ0) is 32.4. The Morgan fingerprint density at radius 3 is 1.80 bits per heavy atom. The molecule has 0 saturated carbocycles. The third-order valence-electron chi connectivity index (χ3n) is 7.37. The lowest BCUT2D eigenvalue weighted by atomic mass is 10.1. The van der Waals surface area contributed by atoms with E-state index in [4.69, 9.17) is 24.3 Å². The molecule has 3 N–H and O–H groups in total. The van der Waals surface area contributed by atoms with Gasteiger partial charge in [0, 0.05) is 19.6 Å². The molecular weight excluding hydrogens is 577 g/mol. The summed E-state index contributed by atoms with van der Waals surface area (Å²) in [4.78, 5) is 22.3. The summed E-state index contributed by atoms with van der Waals surface area (Å²) >= 11 is 0. The van der Waals surface area contributed by atoms with E-state index >= 15 is 0 Å². The Labute approximate surface area is 270 Å². The number of phosphoric ester groups is 1. The highest BCUT2D eigenvalue weighted by Crippen LogP contribution is 2.43. The first-order valence-corrected chi connectivity index (χ1v) is 19.3. The fraction of sp³-hybridized carbons (Fsp3) is 0.857. The molecule has 8 nitrogen and oxygen atoms in total. The number of hydrogen-bond acceptors (Lipinski definition) is 7. The number of hydrogen-bond donors (Lipinski definition) is 2. The summed E-state index contributed by atoms with van der Waals surface area (Å²) < 4.78 is 33.1. The first-order valence-electron chi connectivity index (χ1n) is 17.8. The first-order chi connectivity index (χ1) is 21.4. The van der Waals surface area contributed by atoms with Crippen LogP contribution in [0, 0.1) is 0 Å². The molecule has 2 unspecified atom stereocenters. The molecule has 0 aromatic carbocycles. The average molecular weight is 646 g/mol. The lowest BCUT2D eigenvalue weighted by Crippen LogP contribution is -2.28. The highest BCUT2D eigenvalue weighted by atomic mass is 31.2. The third kappa shape index (κ3) is 32.4. The Morgan fingerprint density at radius 1 is 0.682 bits per heavy atom. The van der Waals surface area contributed by atoms with Crippen molar-refractivity contribution < 1.29 is 32.8 Å². The van der Waals surface area contributed by atoms with E-state index in [0.717, 1.165) is 44.9 Å². The van der Waals surface area contributed by atoms with E-state index in [1.165, 1.54) is 89.9 Å². The monoisotopic (exact) mass is 645 g/mol. The molecule has 0 amide bonds. The van der Waals surface area contributed by atoms with Crippen molar-refractivity contribution in [3.63, 3.8) is 0 Å².